The van der Waals surface area contributed by atoms with Gasteiger partial charge < -0.3 is 0 Å². The fourth-order valence-corrected chi connectivity index (χ4v) is 2.63. The maximum atomic E-state index is 12.4. The lowest BCUT2D eigenvalue weighted by atomic mass is 10.1. The molecule has 2 aromatic carbocycles. The van der Waals surface area contributed by atoms with Crippen molar-refractivity contribution in [2.24, 2.45) is 0 Å². The van der Waals surface area contributed by atoms with E-state index in [0.717, 1.165) is 16.8 Å². The van der Waals surface area contributed by atoms with Gasteiger partial charge in [0.15, 0.2) is 5.65 Å². The van der Waals surface area contributed by atoms with Crippen molar-refractivity contribution in [3.63, 3.8) is 0 Å². The number of hydrogen-bond acceptors (Lipinski definition) is 2. The van der Waals surface area contributed by atoms with Crippen LogP contribution in [0, 0.1) is 6.92 Å². The van der Waals surface area contributed by atoms with Gasteiger partial charge in [-0.15, -0.1) is 0 Å². The van der Waals surface area contributed by atoms with E-state index >= 15 is 0 Å². The standard InChI is InChI=1S/C19H15N3O/c1-13-7-9-15(10-8-13)17-11-18-20-16(12-19(23)22(18)21-17)14-5-3-2-4-6-14/h2-12,21H,1H3. The minimum atomic E-state index is -0.118. The molecule has 0 spiro atoms. The van der Waals surface area contributed by atoms with Gasteiger partial charge in [0, 0.05) is 17.7 Å². The van der Waals surface area contributed by atoms with Gasteiger partial charge >= 0.3 is 0 Å². The third-order valence-electron chi connectivity index (χ3n) is 3.88. The molecule has 4 heteroatoms. The van der Waals surface area contributed by atoms with Crippen molar-refractivity contribution in [3.8, 4) is 22.5 Å². The number of fused-ring (bicyclic) bond motifs is 1. The van der Waals surface area contributed by atoms with E-state index in [0.29, 0.717) is 11.3 Å². The summed E-state index contributed by atoms with van der Waals surface area (Å²) in [7, 11) is 0. The normalized spacial score (nSPS) is 11.0. The van der Waals surface area contributed by atoms with Crippen molar-refractivity contribution in [1.29, 1.82) is 0 Å². The third kappa shape index (κ3) is 2.44. The van der Waals surface area contributed by atoms with Gasteiger partial charge in [-0.1, -0.05) is 60.2 Å². The summed E-state index contributed by atoms with van der Waals surface area (Å²) >= 11 is 0. The zero-order valence-electron chi connectivity index (χ0n) is 12.7. The molecule has 0 amide bonds. The van der Waals surface area contributed by atoms with Gasteiger partial charge in [0.2, 0.25) is 0 Å². The first kappa shape index (κ1) is 13.5. The van der Waals surface area contributed by atoms with Crippen LogP contribution >= 0.6 is 0 Å². The Morgan fingerprint density at radius 2 is 1.65 bits per heavy atom. The number of nitrogens with zero attached hydrogens (tertiary/aromatic N) is 2. The molecule has 2 aromatic heterocycles. The molecule has 2 heterocycles. The Balaban J connectivity index is 1.87. The molecule has 0 radical (unpaired) electrons. The maximum absolute atomic E-state index is 12.4. The van der Waals surface area contributed by atoms with E-state index in [-0.39, 0.29) is 5.56 Å². The number of aromatic nitrogens is 3. The van der Waals surface area contributed by atoms with E-state index in [4.69, 9.17) is 0 Å². The van der Waals surface area contributed by atoms with Gasteiger partial charge in [0.1, 0.15) is 0 Å². The summed E-state index contributed by atoms with van der Waals surface area (Å²) in [6.07, 6.45) is 0. The zero-order chi connectivity index (χ0) is 15.8. The molecular formula is C19H15N3O. The maximum Gasteiger partial charge on any atom is 0.273 e. The first-order valence-electron chi connectivity index (χ1n) is 7.46. The second-order valence-corrected chi connectivity index (χ2v) is 5.58. The molecule has 112 valence electrons. The summed E-state index contributed by atoms with van der Waals surface area (Å²) < 4.78 is 1.47. The predicted molar refractivity (Wildman–Crippen MR) is 91.4 cm³/mol. The summed E-state index contributed by atoms with van der Waals surface area (Å²) in [5, 5.41) is 3.12. The van der Waals surface area contributed by atoms with Crippen LogP contribution in [0.5, 0.6) is 0 Å². The van der Waals surface area contributed by atoms with Crippen molar-refractivity contribution in [1.82, 2.24) is 14.6 Å². The first-order valence-corrected chi connectivity index (χ1v) is 7.46. The van der Waals surface area contributed by atoms with Gasteiger partial charge in [-0.3, -0.25) is 9.89 Å². The number of H-pyrrole nitrogens is 1. The van der Waals surface area contributed by atoms with Crippen LogP contribution in [-0.2, 0) is 0 Å². The molecule has 0 unspecified atom stereocenters. The SMILES string of the molecule is Cc1ccc(-c2cc3nc(-c4ccccc4)cc(=O)n3[nH]2)cc1. The van der Waals surface area contributed by atoms with E-state index in [2.05, 4.69) is 10.1 Å². The van der Waals surface area contributed by atoms with Crippen molar-refractivity contribution in [3.05, 3.63) is 82.6 Å². The highest BCUT2D eigenvalue weighted by Gasteiger charge is 2.09. The number of aromatic amines is 1. The molecule has 0 aliphatic heterocycles. The van der Waals surface area contributed by atoms with Gasteiger partial charge in [0.05, 0.1) is 11.4 Å². The molecule has 0 saturated carbocycles. The Morgan fingerprint density at radius 1 is 0.913 bits per heavy atom. The Kier molecular flexibility index (Phi) is 3.08. The van der Waals surface area contributed by atoms with Gasteiger partial charge in [-0.05, 0) is 12.5 Å². The molecule has 0 saturated heterocycles. The molecule has 0 atom stereocenters. The van der Waals surface area contributed by atoms with Crippen LogP contribution < -0.4 is 5.56 Å². The quantitative estimate of drug-likeness (QED) is 0.614. The Bertz CT molecular complexity index is 1030. The highest BCUT2D eigenvalue weighted by Crippen LogP contribution is 2.21. The van der Waals surface area contributed by atoms with E-state index in [1.807, 2.05) is 67.6 Å². The molecule has 23 heavy (non-hydrogen) atoms. The van der Waals surface area contributed by atoms with Crippen LogP contribution in [0.1, 0.15) is 5.56 Å². The summed E-state index contributed by atoms with van der Waals surface area (Å²) in [6.45, 7) is 2.05. The first-order chi connectivity index (χ1) is 11.2. The molecule has 0 fully saturated rings. The van der Waals surface area contributed by atoms with Crippen LogP contribution in [-0.4, -0.2) is 14.6 Å². The zero-order valence-corrected chi connectivity index (χ0v) is 12.7. The lowest BCUT2D eigenvalue weighted by Crippen LogP contribution is -2.14. The fraction of sp³-hybridized carbons (Fsp3) is 0.0526. The summed E-state index contributed by atoms with van der Waals surface area (Å²) in [6, 6.07) is 21.3. The Morgan fingerprint density at radius 3 is 2.39 bits per heavy atom. The second-order valence-electron chi connectivity index (χ2n) is 5.58. The van der Waals surface area contributed by atoms with Crippen LogP contribution in [0.4, 0.5) is 0 Å². The lowest BCUT2D eigenvalue weighted by Gasteiger charge is -2.00. The second kappa shape index (κ2) is 5.25. The average Bonchev–Trinajstić information content (AvgIpc) is 3.01. The largest absolute Gasteiger partial charge is 0.289 e. The number of rotatable bonds is 2. The minimum absolute atomic E-state index is 0.118. The minimum Gasteiger partial charge on any atom is -0.289 e. The molecule has 4 aromatic rings. The average molecular weight is 301 g/mol. The van der Waals surface area contributed by atoms with Crippen molar-refractivity contribution in [2.75, 3.05) is 0 Å². The topological polar surface area (TPSA) is 50.2 Å². The van der Waals surface area contributed by atoms with Crippen LogP contribution in [0.3, 0.4) is 0 Å². The van der Waals surface area contributed by atoms with Gasteiger partial charge in [-0.2, -0.15) is 0 Å². The summed E-state index contributed by atoms with van der Waals surface area (Å²) in [5.41, 5.74) is 5.22. The smallest absolute Gasteiger partial charge is 0.273 e. The molecule has 4 rings (SSSR count). The molecule has 1 N–H and O–H groups in total. The van der Waals surface area contributed by atoms with Crippen LogP contribution in [0.25, 0.3) is 28.2 Å². The highest BCUT2D eigenvalue weighted by molar-refractivity contribution is 5.67. The molecule has 0 aliphatic carbocycles. The van der Waals surface area contributed by atoms with E-state index in [1.54, 1.807) is 6.07 Å². The third-order valence-corrected chi connectivity index (χ3v) is 3.88. The van der Waals surface area contributed by atoms with Crippen molar-refractivity contribution in [2.45, 2.75) is 6.92 Å². The number of aryl methyl sites for hydroxylation is 1. The van der Waals surface area contributed by atoms with E-state index < -0.39 is 0 Å². The Hall–Kier alpha value is -3.14. The van der Waals surface area contributed by atoms with Gasteiger partial charge in [-0.25, -0.2) is 9.50 Å². The number of nitrogens with one attached hydrogen (secondary N) is 1. The summed E-state index contributed by atoms with van der Waals surface area (Å²) in [4.78, 5) is 17.0. The number of hydrogen-bond donors (Lipinski definition) is 1. The van der Waals surface area contributed by atoms with Gasteiger partial charge in [0.25, 0.3) is 5.56 Å². The predicted octanol–water partition coefficient (Wildman–Crippen LogP) is 3.67. The van der Waals surface area contributed by atoms with Crippen LogP contribution in [0.15, 0.2) is 71.5 Å². The fourth-order valence-electron chi connectivity index (χ4n) is 2.63. The number of benzene rings is 2. The van der Waals surface area contributed by atoms with E-state index in [1.165, 1.54) is 10.1 Å². The summed E-state index contributed by atoms with van der Waals surface area (Å²) in [5.74, 6) is 0. The lowest BCUT2D eigenvalue weighted by molar-refractivity contribution is 0.904. The molecule has 0 aliphatic rings. The monoisotopic (exact) mass is 301 g/mol. The molecule has 0 bridgehead atoms. The molecule has 4 nitrogen and oxygen atoms in total. The Labute approximate surface area is 133 Å². The highest BCUT2D eigenvalue weighted by atomic mass is 16.1. The van der Waals surface area contributed by atoms with Crippen LogP contribution in [0.2, 0.25) is 0 Å². The van der Waals surface area contributed by atoms with Crippen molar-refractivity contribution >= 4 is 5.65 Å². The molecular weight excluding hydrogens is 286 g/mol. The van der Waals surface area contributed by atoms with Crippen molar-refractivity contribution < 1.29 is 0 Å². The van der Waals surface area contributed by atoms with E-state index in [9.17, 15) is 4.79 Å².